The third kappa shape index (κ3) is 2.97. The fourth-order valence-corrected chi connectivity index (χ4v) is 2.43. The Morgan fingerprint density at radius 1 is 1.38 bits per heavy atom. The SMILES string of the molecule is Cc1ccc(CN2CCC(N)CC2)c(Cl)c1. The molecule has 2 rings (SSSR count). The van der Waals surface area contributed by atoms with Crippen LogP contribution in [0.3, 0.4) is 0 Å². The molecule has 1 heterocycles. The van der Waals surface area contributed by atoms with Crippen molar-refractivity contribution in [3.8, 4) is 0 Å². The van der Waals surface area contributed by atoms with Crippen LogP contribution in [0.2, 0.25) is 5.02 Å². The molecule has 1 aromatic carbocycles. The Morgan fingerprint density at radius 2 is 2.06 bits per heavy atom. The van der Waals surface area contributed by atoms with Gasteiger partial charge in [-0.15, -0.1) is 0 Å². The number of piperidine rings is 1. The van der Waals surface area contributed by atoms with Crippen molar-refractivity contribution in [2.75, 3.05) is 13.1 Å². The third-order valence-electron chi connectivity index (χ3n) is 3.23. The molecule has 2 nitrogen and oxygen atoms in total. The first-order chi connectivity index (χ1) is 7.65. The molecule has 3 heteroatoms. The van der Waals surface area contributed by atoms with Gasteiger partial charge in [0.05, 0.1) is 0 Å². The van der Waals surface area contributed by atoms with E-state index >= 15 is 0 Å². The molecule has 88 valence electrons. The smallest absolute Gasteiger partial charge is 0.0453 e. The Kier molecular flexibility index (Phi) is 3.85. The summed E-state index contributed by atoms with van der Waals surface area (Å²) in [5.41, 5.74) is 8.33. The van der Waals surface area contributed by atoms with Gasteiger partial charge in [0, 0.05) is 17.6 Å². The van der Waals surface area contributed by atoms with Gasteiger partial charge in [-0.25, -0.2) is 0 Å². The summed E-state index contributed by atoms with van der Waals surface area (Å²) in [5.74, 6) is 0. The van der Waals surface area contributed by atoms with E-state index in [9.17, 15) is 0 Å². The predicted octanol–water partition coefficient (Wildman–Crippen LogP) is 2.57. The lowest BCUT2D eigenvalue weighted by atomic mass is 10.0. The van der Waals surface area contributed by atoms with E-state index < -0.39 is 0 Å². The Bertz CT molecular complexity index is 357. The van der Waals surface area contributed by atoms with Crippen molar-refractivity contribution in [2.24, 2.45) is 5.73 Å². The Balaban J connectivity index is 1.98. The number of likely N-dealkylation sites (tertiary alicyclic amines) is 1. The molecule has 2 N–H and O–H groups in total. The number of nitrogens with two attached hydrogens (primary N) is 1. The van der Waals surface area contributed by atoms with E-state index in [1.165, 1.54) is 11.1 Å². The number of nitrogens with zero attached hydrogens (tertiary/aromatic N) is 1. The molecule has 0 bridgehead atoms. The van der Waals surface area contributed by atoms with E-state index in [0.29, 0.717) is 6.04 Å². The number of hydrogen-bond donors (Lipinski definition) is 1. The van der Waals surface area contributed by atoms with Gasteiger partial charge < -0.3 is 5.73 Å². The fourth-order valence-electron chi connectivity index (χ4n) is 2.13. The highest BCUT2D eigenvalue weighted by molar-refractivity contribution is 6.31. The van der Waals surface area contributed by atoms with Crippen molar-refractivity contribution in [3.63, 3.8) is 0 Å². The van der Waals surface area contributed by atoms with Gasteiger partial charge in [-0.2, -0.15) is 0 Å². The van der Waals surface area contributed by atoms with Crippen molar-refractivity contribution < 1.29 is 0 Å². The van der Waals surface area contributed by atoms with Crippen LogP contribution >= 0.6 is 11.6 Å². The summed E-state index contributed by atoms with van der Waals surface area (Å²) >= 11 is 6.23. The summed E-state index contributed by atoms with van der Waals surface area (Å²) in [6, 6.07) is 6.68. The quantitative estimate of drug-likeness (QED) is 0.858. The topological polar surface area (TPSA) is 29.3 Å². The van der Waals surface area contributed by atoms with Crippen LogP contribution in [0.4, 0.5) is 0 Å². The maximum absolute atomic E-state index is 6.23. The zero-order chi connectivity index (χ0) is 11.5. The van der Waals surface area contributed by atoms with Crippen LogP contribution in [-0.4, -0.2) is 24.0 Å². The van der Waals surface area contributed by atoms with E-state index in [-0.39, 0.29) is 0 Å². The summed E-state index contributed by atoms with van der Waals surface area (Å²) in [6.45, 7) is 5.19. The second kappa shape index (κ2) is 5.17. The van der Waals surface area contributed by atoms with Gasteiger partial charge in [0.1, 0.15) is 0 Å². The van der Waals surface area contributed by atoms with Crippen molar-refractivity contribution in [3.05, 3.63) is 34.3 Å². The first-order valence-electron chi connectivity index (χ1n) is 5.88. The average Bonchev–Trinajstić information content (AvgIpc) is 2.25. The summed E-state index contributed by atoms with van der Waals surface area (Å²) in [4.78, 5) is 2.43. The van der Waals surface area contributed by atoms with Gasteiger partial charge in [-0.1, -0.05) is 23.7 Å². The highest BCUT2D eigenvalue weighted by Crippen LogP contribution is 2.20. The molecule has 0 aromatic heterocycles. The summed E-state index contributed by atoms with van der Waals surface area (Å²) < 4.78 is 0. The molecule has 0 saturated carbocycles. The minimum Gasteiger partial charge on any atom is -0.328 e. The zero-order valence-corrected chi connectivity index (χ0v) is 10.5. The fraction of sp³-hybridized carbons (Fsp3) is 0.538. The molecule has 1 fully saturated rings. The molecule has 1 aliphatic heterocycles. The lowest BCUT2D eigenvalue weighted by molar-refractivity contribution is 0.205. The Hall–Kier alpha value is -0.570. The molecule has 0 amide bonds. The largest absolute Gasteiger partial charge is 0.328 e. The molecule has 0 aliphatic carbocycles. The highest BCUT2D eigenvalue weighted by atomic mass is 35.5. The third-order valence-corrected chi connectivity index (χ3v) is 3.59. The molecule has 1 aromatic rings. The normalized spacial score (nSPS) is 18.9. The summed E-state index contributed by atoms with van der Waals surface area (Å²) in [5, 5.41) is 0.884. The molecule has 0 unspecified atom stereocenters. The van der Waals surface area contributed by atoms with Crippen molar-refractivity contribution in [1.29, 1.82) is 0 Å². The number of benzene rings is 1. The van der Waals surface area contributed by atoms with Crippen LogP contribution < -0.4 is 5.73 Å². The number of rotatable bonds is 2. The molecular weight excluding hydrogens is 220 g/mol. The minimum absolute atomic E-state index is 0.393. The standard InChI is InChI=1S/C13H19ClN2/c1-10-2-3-11(13(14)8-10)9-16-6-4-12(15)5-7-16/h2-3,8,12H,4-7,9,15H2,1H3. The molecular formula is C13H19ClN2. The van der Waals surface area contributed by atoms with E-state index in [4.69, 9.17) is 17.3 Å². The van der Waals surface area contributed by atoms with Gasteiger partial charge >= 0.3 is 0 Å². The molecule has 0 radical (unpaired) electrons. The average molecular weight is 239 g/mol. The molecule has 1 aliphatic rings. The zero-order valence-electron chi connectivity index (χ0n) is 9.75. The first kappa shape index (κ1) is 11.9. The van der Waals surface area contributed by atoms with Gasteiger partial charge in [0.25, 0.3) is 0 Å². The first-order valence-corrected chi connectivity index (χ1v) is 6.26. The van der Waals surface area contributed by atoms with Gasteiger partial charge in [-0.3, -0.25) is 4.90 Å². The van der Waals surface area contributed by atoms with Crippen LogP contribution in [0.1, 0.15) is 24.0 Å². The monoisotopic (exact) mass is 238 g/mol. The van der Waals surface area contributed by atoms with E-state index in [2.05, 4.69) is 24.0 Å². The lowest BCUT2D eigenvalue weighted by Gasteiger charge is -2.30. The highest BCUT2D eigenvalue weighted by Gasteiger charge is 2.16. The van der Waals surface area contributed by atoms with E-state index in [0.717, 1.165) is 37.5 Å². The van der Waals surface area contributed by atoms with Gasteiger partial charge in [-0.05, 0) is 50.0 Å². The summed E-state index contributed by atoms with van der Waals surface area (Å²) in [6.07, 6.45) is 2.20. The van der Waals surface area contributed by atoms with Crippen LogP contribution in [-0.2, 0) is 6.54 Å². The van der Waals surface area contributed by atoms with Crippen molar-refractivity contribution >= 4 is 11.6 Å². The van der Waals surface area contributed by atoms with Gasteiger partial charge in [0.15, 0.2) is 0 Å². The van der Waals surface area contributed by atoms with Gasteiger partial charge in [0.2, 0.25) is 0 Å². The van der Waals surface area contributed by atoms with E-state index in [1.807, 2.05) is 6.07 Å². The van der Waals surface area contributed by atoms with Crippen molar-refractivity contribution in [1.82, 2.24) is 4.90 Å². The molecule has 0 spiro atoms. The van der Waals surface area contributed by atoms with E-state index in [1.54, 1.807) is 0 Å². The summed E-state index contributed by atoms with van der Waals surface area (Å²) in [7, 11) is 0. The molecule has 16 heavy (non-hydrogen) atoms. The number of halogens is 1. The van der Waals surface area contributed by atoms with Crippen LogP contribution in [0.25, 0.3) is 0 Å². The minimum atomic E-state index is 0.393. The number of aryl methyl sites for hydroxylation is 1. The predicted molar refractivity (Wildman–Crippen MR) is 68.7 cm³/mol. The maximum Gasteiger partial charge on any atom is 0.0453 e. The lowest BCUT2D eigenvalue weighted by Crippen LogP contribution is -2.39. The van der Waals surface area contributed by atoms with Crippen LogP contribution in [0.15, 0.2) is 18.2 Å². The van der Waals surface area contributed by atoms with Crippen molar-refractivity contribution in [2.45, 2.75) is 32.4 Å². The Labute approximate surface area is 102 Å². The molecule has 0 atom stereocenters. The molecule has 1 saturated heterocycles. The second-order valence-electron chi connectivity index (χ2n) is 4.71. The maximum atomic E-state index is 6.23. The van der Waals surface area contributed by atoms with Crippen LogP contribution in [0.5, 0.6) is 0 Å². The Morgan fingerprint density at radius 3 is 2.69 bits per heavy atom. The van der Waals surface area contributed by atoms with Crippen LogP contribution in [0, 0.1) is 6.92 Å². The number of hydrogen-bond acceptors (Lipinski definition) is 2. The second-order valence-corrected chi connectivity index (χ2v) is 5.12.